The predicted molar refractivity (Wildman–Crippen MR) is 94.3 cm³/mol. The summed E-state index contributed by atoms with van der Waals surface area (Å²) in [5.41, 5.74) is 0. The molecule has 0 aromatic carbocycles. The average molecular weight is 408 g/mol. The average Bonchev–Trinajstić information content (AvgIpc) is 2.62. The van der Waals surface area contributed by atoms with Crippen molar-refractivity contribution in [2.45, 2.75) is 12.1 Å². The Bertz CT molecular complexity index is 506. The van der Waals surface area contributed by atoms with Gasteiger partial charge in [-0.2, -0.15) is 0 Å². The number of hydrogen-bond donors (Lipinski definition) is 6. The number of rotatable bonds is 4. The minimum Gasteiger partial charge on any atom is -0.465 e. The first-order valence-electron chi connectivity index (χ1n) is 8.78. The molecule has 6 N–H and O–H groups in total. The van der Waals surface area contributed by atoms with Crippen molar-refractivity contribution in [2.75, 3.05) is 65.6 Å². The molecule has 0 spiro atoms. The summed E-state index contributed by atoms with van der Waals surface area (Å²) in [6, 6.07) is -0.908. The summed E-state index contributed by atoms with van der Waals surface area (Å²) in [6.45, 7) is -1.63. The first kappa shape index (κ1) is 23.7. The molecule has 0 aromatic heterocycles. The second-order valence-corrected chi connectivity index (χ2v) is 6.34. The molecule has 0 aromatic rings. The van der Waals surface area contributed by atoms with E-state index in [0.29, 0.717) is 0 Å². The van der Waals surface area contributed by atoms with Crippen molar-refractivity contribution in [3.8, 4) is 0 Å². The van der Waals surface area contributed by atoms with Crippen LogP contribution in [-0.2, 0) is 0 Å². The molecule has 162 valence electrons. The van der Waals surface area contributed by atoms with Gasteiger partial charge in [0.05, 0.1) is 25.4 Å². The highest BCUT2D eigenvalue weighted by Crippen LogP contribution is 2.08. The Morgan fingerprint density at radius 2 is 0.964 bits per heavy atom. The van der Waals surface area contributed by atoms with Crippen molar-refractivity contribution in [3.63, 3.8) is 0 Å². The lowest BCUT2D eigenvalue weighted by molar-refractivity contribution is -0.0185. The van der Waals surface area contributed by atoms with Gasteiger partial charge in [0.2, 0.25) is 0 Å². The summed E-state index contributed by atoms with van der Waals surface area (Å²) in [5, 5.41) is 56.6. The number of nitrogens with zero attached hydrogens (tertiary/aromatic N) is 4. The van der Waals surface area contributed by atoms with Crippen LogP contribution in [0.15, 0.2) is 0 Å². The molecule has 3 amide bonds. The second-order valence-electron chi connectivity index (χ2n) is 6.34. The largest absolute Gasteiger partial charge is 0.465 e. The summed E-state index contributed by atoms with van der Waals surface area (Å²) in [6.07, 6.45) is -5.08. The third-order valence-electron chi connectivity index (χ3n) is 4.69. The molecule has 0 bridgehead atoms. The van der Waals surface area contributed by atoms with Gasteiger partial charge in [0.1, 0.15) is 0 Å². The van der Waals surface area contributed by atoms with Crippen LogP contribution in [0.4, 0.5) is 14.4 Å². The van der Waals surface area contributed by atoms with Crippen molar-refractivity contribution >= 4 is 18.3 Å². The molecule has 1 fully saturated rings. The maximum Gasteiger partial charge on any atom is 0.407 e. The van der Waals surface area contributed by atoms with Gasteiger partial charge < -0.3 is 45.3 Å². The van der Waals surface area contributed by atoms with Gasteiger partial charge in [-0.3, -0.25) is 4.90 Å². The molecule has 1 rings (SSSR count). The highest BCUT2D eigenvalue weighted by atomic mass is 16.4. The molecule has 0 radical (unpaired) electrons. The Morgan fingerprint density at radius 3 is 1.21 bits per heavy atom. The molecule has 0 aliphatic carbocycles. The normalized spacial score (nSPS) is 20.0. The van der Waals surface area contributed by atoms with Crippen molar-refractivity contribution in [2.24, 2.45) is 0 Å². The zero-order valence-electron chi connectivity index (χ0n) is 15.4. The van der Waals surface area contributed by atoms with Crippen LogP contribution in [0.1, 0.15) is 0 Å². The van der Waals surface area contributed by atoms with Crippen molar-refractivity contribution in [1.82, 2.24) is 19.6 Å². The summed E-state index contributed by atoms with van der Waals surface area (Å²) >= 11 is 0. The fourth-order valence-corrected chi connectivity index (χ4v) is 2.94. The van der Waals surface area contributed by atoms with Crippen LogP contribution in [-0.4, -0.2) is 146 Å². The number of hydrogen-bond acceptors (Lipinski definition) is 7. The van der Waals surface area contributed by atoms with Gasteiger partial charge in [-0.15, -0.1) is 0 Å². The van der Waals surface area contributed by atoms with E-state index in [1.807, 2.05) is 0 Å². The Labute approximate surface area is 161 Å². The topological polar surface area (TPSA) is 186 Å². The summed E-state index contributed by atoms with van der Waals surface area (Å²) in [5.74, 6) is 0. The predicted octanol–water partition coefficient (Wildman–Crippen LogP) is -2.04. The highest BCUT2D eigenvalue weighted by molar-refractivity contribution is 5.67. The molecule has 13 nitrogen and oxygen atoms in total. The fourth-order valence-electron chi connectivity index (χ4n) is 2.94. The van der Waals surface area contributed by atoms with Crippen LogP contribution >= 0.6 is 0 Å². The van der Waals surface area contributed by atoms with Crippen LogP contribution in [0.25, 0.3) is 0 Å². The van der Waals surface area contributed by atoms with Gasteiger partial charge in [0.25, 0.3) is 0 Å². The van der Waals surface area contributed by atoms with E-state index in [2.05, 4.69) is 0 Å². The Hall–Kier alpha value is -2.35. The number of carboxylic acid groups (broad SMARTS) is 3. The number of aliphatic hydroxyl groups is 3. The van der Waals surface area contributed by atoms with Gasteiger partial charge >= 0.3 is 18.3 Å². The van der Waals surface area contributed by atoms with Gasteiger partial charge in [-0.05, 0) is 0 Å². The van der Waals surface area contributed by atoms with E-state index in [-0.39, 0.29) is 52.4 Å². The number of aliphatic hydroxyl groups excluding tert-OH is 3. The lowest BCUT2D eigenvalue weighted by Gasteiger charge is -2.36. The number of carbonyl (C=O) groups is 3. The van der Waals surface area contributed by atoms with Crippen LogP contribution in [0.5, 0.6) is 0 Å². The minimum atomic E-state index is -1.29. The Balaban J connectivity index is 3.05. The van der Waals surface area contributed by atoms with Crippen LogP contribution in [0, 0.1) is 0 Å². The molecule has 2 unspecified atom stereocenters. The van der Waals surface area contributed by atoms with E-state index in [9.17, 15) is 45.0 Å². The maximum atomic E-state index is 11.4. The number of amides is 3. The lowest BCUT2D eigenvalue weighted by atomic mass is 10.1. The smallest absolute Gasteiger partial charge is 0.407 e. The minimum absolute atomic E-state index is 0.0507. The Kier molecular flexibility index (Phi) is 9.72. The van der Waals surface area contributed by atoms with Crippen LogP contribution in [0.2, 0.25) is 0 Å². The molecule has 1 heterocycles. The third-order valence-corrected chi connectivity index (χ3v) is 4.69. The summed E-state index contributed by atoms with van der Waals surface area (Å²) in [7, 11) is 0. The van der Waals surface area contributed by atoms with E-state index < -0.39 is 43.6 Å². The third kappa shape index (κ3) is 6.99. The second kappa shape index (κ2) is 11.5. The van der Waals surface area contributed by atoms with Crippen molar-refractivity contribution < 1.29 is 45.0 Å². The van der Waals surface area contributed by atoms with E-state index >= 15 is 0 Å². The Morgan fingerprint density at radius 1 is 0.643 bits per heavy atom. The monoisotopic (exact) mass is 408 g/mol. The SMILES string of the molecule is O=C(O)N1CCN(C(=O)O)CCN(C(CO)C(O)CO)CCN(C(=O)O)CC1. The fraction of sp³-hybridized carbons (Fsp3) is 0.800. The standard InChI is InChI=1S/C15H28N4O9/c20-9-11(12(22)10-21)16-1-3-17(13(23)24)5-7-19(15(27)28)8-6-18(4-2-16)14(25)26/h11-12,20-22H,1-10H2,(H,23,24)(H,25,26)(H,27,28). The molecule has 1 saturated heterocycles. The molecule has 1 aliphatic rings. The van der Waals surface area contributed by atoms with Gasteiger partial charge in [0, 0.05) is 52.4 Å². The van der Waals surface area contributed by atoms with Crippen LogP contribution < -0.4 is 0 Å². The van der Waals surface area contributed by atoms with E-state index in [1.165, 1.54) is 4.90 Å². The quantitative estimate of drug-likeness (QED) is 0.302. The zero-order valence-corrected chi connectivity index (χ0v) is 15.4. The van der Waals surface area contributed by atoms with E-state index in [0.717, 1.165) is 14.7 Å². The van der Waals surface area contributed by atoms with E-state index in [1.54, 1.807) is 0 Å². The summed E-state index contributed by atoms with van der Waals surface area (Å²) in [4.78, 5) is 38.7. The maximum absolute atomic E-state index is 11.4. The van der Waals surface area contributed by atoms with Crippen molar-refractivity contribution in [3.05, 3.63) is 0 Å². The first-order valence-corrected chi connectivity index (χ1v) is 8.78. The molecule has 28 heavy (non-hydrogen) atoms. The molecule has 0 saturated carbocycles. The molecule has 1 aliphatic heterocycles. The van der Waals surface area contributed by atoms with Crippen molar-refractivity contribution in [1.29, 1.82) is 0 Å². The van der Waals surface area contributed by atoms with Gasteiger partial charge in [0.15, 0.2) is 0 Å². The lowest BCUT2D eigenvalue weighted by Crippen LogP contribution is -2.54. The first-order chi connectivity index (χ1) is 13.2. The van der Waals surface area contributed by atoms with Gasteiger partial charge in [-0.1, -0.05) is 0 Å². The molecule has 13 heteroatoms. The summed E-state index contributed by atoms with van der Waals surface area (Å²) < 4.78 is 0. The molecule has 2 atom stereocenters. The zero-order chi connectivity index (χ0) is 21.3. The van der Waals surface area contributed by atoms with Gasteiger partial charge in [-0.25, -0.2) is 14.4 Å². The molecular formula is C15H28N4O9. The van der Waals surface area contributed by atoms with Crippen LogP contribution in [0.3, 0.4) is 0 Å². The molecular weight excluding hydrogens is 380 g/mol. The van der Waals surface area contributed by atoms with E-state index in [4.69, 9.17) is 0 Å². The highest BCUT2D eigenvalue weighted by Gasteiger charge is 2.28.